The molecule has 0 aromatic rings. The number of hydrogen-bond acceptors (Lipinski definition) is 3. The minimum absolute atomic E-state index is 0.147. The van der Waals surface area contributed by atoms with Crippen LogP contribution in [0.4, 0.5) is 0 Å². The van der Waals surface area contributed by atoms with Gasteiger partial charge in [0.15, 0.2) is 0 Å². The average molecular weight is 371 g/mol. The second-order valence-corrected chi connectivity index (χ2v) is 8.68. The van der Waals surface area contributed by atoms with E-state index in [1.807, 2.05) is 53.6 Å². The Kier molecular flexibility index (Phi) is 11.1. The lowest BCUT2D eigenvalue weighted by Gasteiger charge is -2.33. The Balaban J connectivity index is 4.44. The predicted octanol–water partition coefficient (Wildman–Crippen LogP) is 4.11. The number of carbonyl (C=O) groups excluding carboxylic acids is 2. The smallest absolute Gasteiger partial charge is 0.228 e. The van der Waals surface area contributed by atoms with E-state index >= 15 is 0 Å². The maximum absolute atomic E-state index is 12.7. The molecule has 0 fully saturated rings. The topological polar surface area (TPSA) is 49.9 Å². The highest BCUT2D eigenvalue weighted by atomic mass is 16.5. The van der Waals surface area contributed by atoms with E-state index in [0.29, 0.717) is 26.0 Å². The van der Waals surface area contributed by atoms with E-state index in [2.05, 4.69) is 6.92 Å². The molecule has 0 aromatic heterocycles. The molecule has 0 aliphatic rings. The van der Waals surface area contributed by atoms with Crippen molar-refractivity contribution in [3.05, 3.63) is 0 Å². The van der Waals surface area contributed by atoms with Gasteiger partial charge in [-0.25, -0.2) is 0 Å². The van der Waals surface area contributed by atoms with Gasteiger partial charge < -0.3 is 14.5 Å². The third-order valence-electron chi connectivity index (χ3n) is 4.75. The number of unbranched alkanes of at least 4 members (excludes halogenated alkanes) is 2. The fourth-order valence-electron chi connectivity index (χ4n) is 3.02. The zero-order chi connectivity index (χ0) is 20.4. The normalized spacial score (nSPS) is 12.2. The van der Waals surface area contributed by atoms with Crippen LogP contribution in [0.3, 0.4) is 0 Å². The molecule has 0 atom stereocenters. The van der Waals surface area contributed by atoms with Crippen molar-refractivity contribution >= 4 is 11.8 Å². The molecule has 0 saturated heterocycles. The van der Waals surface area contributed by atoms with Crippen LogP contribution in [0.25, 0.3) is 0 Å². The summed E-state index contributed by atoms with van der Waals surface area (Å²) >= 11 is 0. The van der Waals surface area contributed by atoms with Crippen molar-refractivity contribution in [1.82, 2.24) is 9.80 Å². The van der Waals surface area contributed by atoms with E-state index in [4.69, 9.17) is 4.74 Å². The average Bonchev–Trinajstić information content (AvgIpc) is 2.53. The van der Waals surface area contributed by atoms with Crippen molar-refractivity contribution in [3.8, 4) is 0 Å². The maximum atomic E-state index is 12.7. The van der Waals surface area contributed by atoms with Gasteiger partial charge in [0.2, 0.25) is 11.8 Å². The summed E-state index contributed by atoms with van der Waals surface area (Å²) in [6, 6.07) is 0. The highest BCUT2D eigenvalue weighted by molar-refractivity contribution is 5.81. The quantitative estimate of drug-likeness (QED) is 0.459. The monoisotopic (exact) mass is 370 g/mol. The molecule has 0 rings (SSSR count). The SMILES string of the molecule is CCCCCN(C)C(=O)C(C)(C)CCOC(C)(C)CN(C)C(=O)CCC. The van der Waals surface area contributed by atoms with Crippen molar-refractivity contribution < 1.29 is 14.3 Å². The highest BCUT2D eigenvalue weighted by Crippen LogP contribution is 2.25. The molecule has 0 radical (unpaired) electrons. The molecule has 5 heteroatoms. The largest absolute Gasteiger partial charge is 0.374 e. The van der Waals surface area contributed by atoms with E-state index in [1.54, 1.807) is 4.90 Å². The molecule has 0 saturated carbocycles. The Bertz CT molecular complexity index is 433. The van der Waals surface area contributed by atoms with E-state index in [0.717, 1.165) is 32.2 Å². The van der Waals surface area contributed by atoms with Gasteiger partial charge in [0.1, 0.15) is 0 Å². The number of rotatable bonds is 13. The van der Waals surface area contributed by atoms with Crippen molar-refractivity contribution in [2.24, 2.45) is 5.41 Å². The first-order chi connectivity index (χ1) is 12.0. The number of amides is 2. The third-order valence-corrected chi connectivity index (χ3v) is 4.75. The van der Waals surface area contributed by atoms with Gasteiger partial charge in [-0.1, -0.05) is 40.5 Å². The summed E-state index contributed by atoms with van der Waals surface area (Å²) in [5.41, 5.74) is -0.870. The fraction of sp³-hybridized carbons (Fsp3) is 0.905. The summed E-state index contributed by atoms with van der Waals surface area (Å²) < 4.78 is 6.03. The molecule has 0 aliphatic carbocycles. The molecule has 0 unspecified atom stereocenters. The van der Waals surface area contributed by atoms with Crippen molar-refractivity contribution in [3.63, 3.8) is 0 Å². The van der Waals surface area contributed by atoms with Crippen LogP contribution in [0.5, 0.6) is 0 Å². The molecule has 2 amide bonds. The van der Waals surface area contributed by atoms with Crippen LogP contribution in [-0.4, -0.2) is 61.0 Å². The first-order valence-electron chi connectivity index (χ1n) is 10.1. The number of likely N-dealkylation sites (N-methyl/N-ethyl adjacent to an activating group) is 1. The highest BCUT2D eigenvalue weighted by Gasteiger charge is 2.31. The van der Waals surface area contributed by atoms with Crippen LogP contribution in [-0.2, 0) is 14.3 Å². The molecule has 0 bridgehead atoms. The Morgan fingerprint density at radius 1 is 0.923 bits per heavy atom. The third kappa shape index (κ3) is 9.56. The van der Waals surface area contributed by atoms with Gasteiger partial charge in [0, 0.05) is 45.6 Å². The molecule has 0 aliphatic heterocycles. The number of nitrogens with zero attached hydrogens (tertiary/aromatic N) is 2. The standard InChI is InChI=1S/C21H42N2O3/c1-9-11-12-15-22(7)19(25)20(3,4)14-16-26-21(5,6)17-23(8)18(24)13-10-2/h9-17H2,1-8H3. The van der Waals surface area contributed by atoms with E-state index in [9.17, 15) is 9.59 Å². The lowest BCUT2D eigenvalue weighted by molar-refractivity contribution is -0.141. The first kappa shape index (κ1) is 24.9. The Morgan fingerprint density at radius 2 is 1.54 bits per heavy atom. The van der Waals surface area contributed by atoms with E-state index < -0.39 is 11.0 Å². The van der Waals surface area contributed by atoms with Crippen molar-refractivity contribution in [2.75, 3.05) is 33.8 Å². The van der Waals surface area contributed by atoms with Gasteiger partial charge in [-0.3, -0.25) is 9.59 Å². The van der Waals surface area contributed by atoms with E-state index in [-0.39, 0.29) is 11.8 Å². The molecular weight excluding hydrogens is 328 g/mol. The Hall–Kier alpha value is -1.10. The summed E-state index contributed by atoms with van der Waals surface area (Å²) in [7, 11) is 3.71. The number of ether oxygens (including phenoxy) is 1. The summed E-state index contributed by atoms with van der Waals surface area (Å²) in [6.07, 6.45) is 5.45. The summed E-state index contributed by atoms with van der Waals surface area (Å²) in [5.74, 6) is 0.318. The van der Waals surface area contributed by atoms with Gasteiger partial charge in [0.25, 0.3) is 0 Å². The van der Waals surface area contributed by atoms with Crippen LogP contribution in [0.15, 0.2) is 0 Å². The second-order valence-electron chi connectivity index (χ2n) is 8.68. The summed E-state index contributed by atoms with van der Waals surface area (Å²) in [5, 5.41) is 0. The van der Waals surface area contributed by atoms with Crippen LogP contribution >= 0.6 is 0 Å². The molecule has 154 valence electrons. The van der Waals surface area contributed by atoms with Crippen LogP contribution < -0.4 is 0 Å². The predicted molar refractivity (Wildman–Crippen MR) is 108 cm³/mol. The minimum atomic E-state index is -0.443. The molecule has 26 heavy (non-hydrogen) atoms. The molecule has 5 nitrogen and oxygen atoms in total. The van der Waals surface area contributed by atoms with Gasteiger partial charge in [-0.2, -0.15) is 0 Å². The van der Waals surface area contributed by atoms with Crippen molar-refractivity contribution in [1.29, 1.82) is 0 Å². The van der Waals surface area contributed by atoms with E-state index in [1.165, 1.54) is 0 Å². The maximum Gasteiger partial charge on any atom is 0.228 e. The Morgan fingerprint density at radius 3 is 2.08 bits per heavy atom. The zero-order valence-electron chi connectivity index (χ0n) is 18.5. The molecule has 0 heterocycles. The van der Waals surface area contributed by atoms with Crippen LogP contribution in [0.2, 0.25) is 0 Å². The second kappa shape index (κ2) is 11.6. The van der Waals surface area contributed by atoms with Crippen LogP contribution in [0.1, 0.15) is 80.1 Å². The molecule has 0 aromatic carbocycles. The fourth-order valence-corrected chi connectivity index (χ4v) is 3.02. The molecule has 0 spiro atoms. The zero-order valence-corrected chi connectivity index (χ0v) is 18.5. The Labute approximate surface area is 161 Å². The van der Waals surface area contributed by atoms with Gasteiger partial charge in [-0.15, -0.1) is 0 Å². The number of hydrogen-bond donors (Lipinski definition) is 0. The summed E-state index contributed by atoms with van der Waals surface area (Å²) in [6.45, 7) is 14.0. The van der Waals surface area contributed by atoms with Crippen LogP contribution in [0, 0.1) is 5.41 Å². The van der Waals surface area contributed by atoms with Gasteiger partial charge >= 0.3 is 0 Å². The lowest BCUT2D eigenvalue weighted by Crippen LogP contribution is -2.43. The number of carbonyl (C=O) groups is 2. The summed E-state index contributed by atoms with van der Waals surface area (Å²) in [4.78, 5) is 28.2. The van der Waals surface area contributed by atoms with Crippen molar-refractivity contribution in [2.45, 2.75) is 85.7 Å². The lowest BCUT2D eigenvalue weighted by atomic mass is 9.88. The molecular formula is C21H42N2O3. The van der Waals surface area contributed by atoms with Gasteiger partial charge in [-0.05, 0) is 33.1 Å². The minimum Gasteiger partial charge on any atom is -0.374 e. The molecule has 0 N–H and O–H groups in total. The first-order valence-corrected chi connectivity index (χ1v) is 10.1. The van der Waals surface area contributed by atoms with Gasteiger partial charge in [0.05, 0.1) is 5.60 Å².